The topological polar surface area (TPSA) is 52.1 Å². The van der Waals surface area contributed by atoms with Gasteiger partial charge in [0.25, 0.3) is 0 Å². The summed E-state index contributed by atoms with van der Waals surface area (Å²) >= 11 is 11.5. The van der Waals surface area contributed by atoms with Crippen LogP contribution in [-0.4, -0.2) is 15.9 Å². The van der Waals surface area contributed by atoms with Crippen LogP contribution in [0, 0.1) is 6.92 Å². The fourth-order valence-corrected chi connectivity index (χ4v) is 1.16. The van der Waals surface area contributed by atoms with Crippen molar-refractivity contribution >= 4 is 29.2 Å². The average Bonchev–Trinajstić information content (AvgIpc) is 2.10. The van der Waals surface area contributed by atoms with Gasteiger partial charge in [0.2, 0.25) is 0 Å². The van der Waals surface area contributed by atoms with Gasteiger partial charge in [-0.15, -0.1) is 0 Å². The third-order valence-corrected chi connectivity index (χ3v) is 2.21. The summed E-state index contributed by atoms with van der Waals surface area (Å²) in [4.78, 5) is 18.3. The first kappa shape index (κ1) is 11.2. The molecule has 0 fully saturated rings. The molecule has 0 unspecified atom stereocenters. The van der Waals surface area contributed by atoms with Gasteiger partial charge in [-0.25, -0.2) is 9.97 Å². The minimum absolute atomic E-state index is 0.0188. The van der Waals surface area contributed by atoms with Crippen LogP contribution in [0.2, 0.25) is 10.3 Å². The second-order valence-electron chi connectivity index (χ2n) is 2.63. The van der Waals surface area contributed by atoms with Crippen LogP contribution in [-0.2, 0) is 16.1 Å². The van der Waals surface area contributed by atoms with Gasteiger partial charge in [0.15, 0.2) is 12.4 Å². The summed E-state index contributed by atoms with van der Waals surface area (Å²) in [5, 5.41) is 0.541. The van der Waals surface area contributed by atoms with Crippen LogP contribution in [0.3, 0.4) is 0 Å². The van der Waals surface area contributed by atoms with Crippen LogP contribution in [0.25, 0.3) is 0 Å². The summed E-state index contributed by atoms with van der Waals surface area (Å²) in [6.07, 6.45) is 0. The Balaban J connectivity index is 2.84. The van der Waals surface area contributed by atoms with Crippen molar-refractivity contribution in [3.05, 3.63) is 21.7 Å². The van der Waals surface area contributed by atoms with E-state index in [1.807, 2.05) is 0 Å². The molecule has 0 saturated heterocycles. The number of hydrogen-bond donors (Lipinski definition) is 0. The Kier molecular flexibility index (Phi) is 3.66. The Morgan fingerprint density at radius 2 is 1.86 bits per heavy atom. The molecule has 0 radical (unpaired) electrons. The highest BCUT2D eigenvalue weighted by molar-refractivity contribution is 6.34. The minimum atomic E-state index is -0.401. The van der Waals surface area contributed by atoms with Crippen LogP contribution in [0.1, 0.15) is 18.3 Å². The van der Waals surface area contributed by atoms with Crippen LogP contribution < -0.4 is 0 Å². The minimum Gasteiger partial charge on any atom is -0.458 e. The lowest BCUT2D eigenvalue weighted by Crippen LogP contribution is -2.04. The zero-order valence-corrected chi connectivity index (χ0v) is 9.19. The van der Waals surface area contributed by atoms with Gasteiger partial charge in [0, 0.05) is 12.5 Å². The van der Waals surface area contributed by atoms with Gasteiger partial charge in [-0.3, -0.25) is 4.79 Å². The molecule has 0 saturated carbocycles. The highest BCUT2D eigenvalue weighted by Gasteiger charge is 2.08. The van der Waals surface area contributed by atoms with E-state index in [1.54, 1.807) is 6.92 Å². The molecule has 1 aromatic heterocycles. The number of rotatable bonds is 2. The Morgan fingerprint density at radius 1 is 1.36 bits per heavy atom. The molecule has 6 heteroatoms. The molecule has 0 amide bonds. The SMILES string of the molecule is CC(=O)OCc1nc(Cl)c(C)c(Cl)n1. The van der Waals surface area contributed by atoms with Crippen molar-refractivity contribution in [2.24, 2.45) is 0 Å². The predicted octanol–water partition coefficient (Wildman–Crippen LogP) is 2.15. The van der Waals surface area contributed by atoms with Gasteiger partial charge in [0.1, 0.15) is 10.3 Å². The quantitative estimate of drug-likeness (QED) is 0.582. The van der Waals surface area contributed by atoms with Crippen molar-refractivity contribution in [3.8, 4) is 0 Å². The van der Waals surface area contributed by atoms with Crippen LogP contribution >= 0.6 is 23.2 Å². The highest BCUT2D eigenvalue weighted by Crippen LogP contribution is 2.19. The highest BCUT2D eigenvalue weighted by atomic mass is 35.5. The largest absolute Gasteiger partial charge is 0.458 e. The lowest BCUT2D eigenvalue weighted by molar-refractivity contribution is -0.142. The fraction of sp³-hybridized carbons (Fsp3) is 0.375. The first-order valence-corrected chi connectivity index (χ1v) is 4.58. The van der Waals surface area contributed by atoms with Crippen molar-refractivity contribution in [2.45, 2.75) is 20.5 Å². The zero-order chi connectivity index (χ0) is 10.7. The molecule has 0 spiro atoms. The molecular formula is C8H8Cl2N2O2. The lowest BCUT2D eigenvalue weighted by Gasteiger charge is -2.04. The molecule has 14 heavy (non-hydrogen) atoms. The van der Waals surface area contributed by atoms with Gasteiger partial charge in [0.05, 0.1) is 0 Å². The molecule has 0 aliphatic heterocycles. The van der Waals surface area contributed by atoms with Gasteiger partial charge in [-0.05, 0) is 6.92 Å². The van der Waals surface area contributed by atoms with E-state index in [1.165, 1.54) is 6.92 Å². The molecule has 1 heterocycles. The van der Waals surface area contributed by atoms with Crippen molar-refractivity contribution in [2.75, 3.05) is 0 Å². The summed E-state index contributed by atoms with van der Waals surface area (Å²) in [6.45, 7) is 2.99. The maximum Gasteiger partial charge on any atom is 0.303 e. The summed E-state index contributed by atoms with van der Waals surface area (Å²) in [5.41, 5.74) is 0.611. The van der Waals surface area contributed by atoms with Gasteiger partial charge in [-0.1, -0.05) is 23.2 Å². The third kappa shape index (κ3) is 2.82. The fourth-order valence-electron chi connectivity index (χ4n) is 0.735. The van der Waals surface area contributed by atoms with Crippen LogP contribution in [0.4, 0.5) is 0 Å². The summed E-state index contributed by atoms with van der Waals surface area (Å²) in [6, 6.07) is 0. The lowest BCUT2D eigenvalue weighted by atomic mass is 10.4. The van der Waals surface area contributed by atoms with E-state index in [9.17, 15) is 4.79 Å². The maximum atomic E-state index is 10.5. The summed E-state index contributed by atoms with van der Waals surface area (Å²) in [7, 11) is 0. The Bertz CT molecular complexity index is 345. The molecule has 0 aromatic carbocycles. The van der Waals surface area contributed by atoms with E-state index in [-0.39, 0.29) is 16.9 Å². The second kappa shape index (κ2) is 4.57. The number of carbonyl (C=O) groups excluding carboxylic acids is 1. The standard InChI is InChI=1S/C8H8Cl2N2O2/c1-4-7(9)11-6(12-8(4)10)3-14-5(2)13/h3H2,1-2H3. The second-order valence-corrected chi connectivity index (χ2v) is 3.34. The number of esters is 1. The van der Waals surface area contributed by atoms with E-state index in [0.29, 0.717) is 11.4 Å². The monoisotopic (exact) mass is 234 g/mol. The first-order chi connectivity index (χ1) is 6.50. The zero-order valence-electron chi connectivity index (χ0n) is 7.67. The van der Waals surface area contributed by atoms with E-state index in [4.69, 9.17) is 27.9 Å². The number of nitrogens with zero attached hydrogens (tertiary/aromatic N) is 2. The third-order valence-electron chi connectivity index (χ3n) is 1.48. The van der Waals surface area contributed by atoms with Crippen LogP contribution in [0.5, 0.6) is 0 Å². The maximum absolute atomic E-state index is 10.5. The van der Waals surface area contributed by atoms with Crippen LogP contribution in [0.15, 0.2) is 0 Å². The smallest absolute Gasteiger partial charge is 0.303 e. The molecule has 76 valence electrons. The number of halogens is 2. The number of carbonyl (C=O) groups is 1. The number of hydrogen-bond acceptors (Lipinski definition) is 4. The molecule has 4 nitrogen and oxygen atoms in total. The summed E-state index contributed by atoms with van der Waals surface area (Å²) < 4.78 is 4.70. The van der Waals surface area contributed by atoms with Crippen molar-refractivity contribution < 1.29 is 9.53 Å². The molecule has 1 rings (SSSR count). The molecule has 1 aromatic rings. The molecule has 0 aliphatic carbocycles. The van der Waals surface area contributed by atoms with E-state index in [2.05, 4.69) is 9.97 Å². The van der Waals surface area contributed by atoms with Gasteiger partial charge < -0.3 is 4.74 Å². The molecule has 0 atom stereocenters. The normalized spacial score (nSPS) is 10.0. The Labute approximate surface area is 91.2 Å². The van der Waals surface area contributed by atoms with Gasteiger partial charge in [-0.2, -0.15) is 0 Å². The van der Waals surface area contributed by atoms with E-state index < -0.39 is 5.97 Å². The summed E-state index contributed by atoms with van der Waals surface area (Å²) in [5.74, 6) is -0.109. The van der Waals surface area contributed by atoms with E-state index in [0.717, 1.165) is 0 Å². The van der Waals surface area contributed by atoms with Crippen molar-refractivity contribution in [3.63, 3.8) is 0 Å². The average molecular weight is 235 g/mol. The predicted molar refractivity (Wildman–Crippen MR) is 52.3 cm³/mol. The molecular weight excluding hydrogens is 227 g/mol. The number of ether oxygens (including phenoxy) is 1. The van der Waals surface area contributed by atoms with E-state index >= 15 is 0 Å². The van der Waals surface area contributed by atoms with Gasteiger partial charge >= 0.3 is 5.97 Å². The molecule has 0 bridgehead atoms. The molecule has 0 N–H and O–H groups in total. The molecule has 0 aliphatic rings. The Hall–Kier alpha value is -0.870. The van der Waals surface area contributed by atoms with Crippen molar-refractivity contribution in [1.82, 2.24) is 9.97 Å². The van der Waals surface area contributed by atoms with Crippen molar-refractivity contribution in [1.29, 1.82) is 0 Å². The Morgan fingerprint density at radius 3 is 2.29 bits per heavy atom. The number of aromatic nitrogens is 2. The first-order valence-electron chi connectivity index (χ1n) is 3.82.